The molecule has 0 unspecified atom stereocenters. The van der Waals surface area contributed by atoms with Gasteiger partial charge in [0.25, 0.3) is 0 Å². The van der Waals surface area contributed by atoms with Gasteiger partial charge in [-0.1, -0.05) is 54.6 Å². The van der Waals surface area contributed by atoms with Gasteiger partial charge in [-0.3, -0.25) is 4.98 Å². The second-order valence-corrected chi connectivity index (χ2v) is 6.84. The maximum absolute atomic E-state index is 12.8. The van der Waals surface area contributed by atoms with Gasteiger partial charge in [0, 0.05) is 12.5 Å². The smallest absolute Gasteiger partial charge is 0.407 e. The maximum atomic E-state index is 12.8. The highest BCUT2D eigenvalue weighted by atomic mass is 19.1. The lowest BCUT2D eigenvalue weighted by Crippen LogP contribution is -2.26. The quantitative estimate of drug-likeness (QED) is 0.593. The third-order valence-electron chi connectivity index (χ3n) is 4.96. The number of fused-ring (bicyclic) bond motifs is 3. The molecular weight excluding hydrogens is 367 g/mol. The van der Waals surface area contributed by atoms with Crippen molar-refractivity contribution in [3.8, 4) is 11.1 Å². The van der Waals surface area contributed by atoms with E-state index in [9.17, 15) is 9.18 Å². The van der Waals surface area contributed by atoms with E-state index in [2.05, 4.69) is 34.6 Å². The Morgan fingerprint density at radius 3 is 2.38 bits per heavy atom. The number of amides is 1. The van der Waals surface area contributed by atoms with Crippen LogP contribution < -0.4 is 5.32 Å². The van der Waals surface area contributed by atoms with Crippen LogP contribution in [0, 0.1) is 5.82 Å². The Hall–Kier alpha value is -3.47. The number of ether oxygens (including phenoxy) is 1. The first kappa shape index (κ1) is 18.9. The molecule has 1 heterocycles. The molecule has 146 valence electrons. The summed E-state index contributed by atoms with van der Waals surface area (Å²) in [5.41, 5.74) is 5.47. The summed E-state index contributed by atoms with van der Waals surface area (Å²) < 4.78 is 18.3. The molecule has 0 aliphatic heterocycles. The number of hydrogen-bond donors (Lipinski definition) is 1. The molecule has 0 saturated carbocycles. The highest BCUT2D eigenvalue weighted by Gasteiger charge is 2.28. The minimum atomic E-state index is -0.430. The van der Waals surface area contributed by atoms with Gasteiger partial charge in [-0.2, -0.15) is 0 Å². The first-order valence-corrected chi connectivity index (χ1v) is 9.59. The maximum Gasteiger partial charge on any atom is 0.407 e. The predicted octanol–water partition coefficient (Wildman–Crippen LogP) is 5.16. The van der Waals surface area contributed by atoms with E-state index < -0.39 is 6.09 Å². The fraction of sp³-hybridized carbons (Fsp3) is 0.167. The number of halogens is 1. The van der Waals surface area contributed by atoms with Gasteiger partial charge in [0.15, 0.2) is 0 Å². The Morgan fingerprint density at radius 1 is 1.03 bits per heavy atom. The number of nitrogens with zero attached hydrogens (tertiary/aromatic N) is 1. The Labute approximate surface area is 169 Å². The number of hydrogen-bond acceptors (Lipinski definition) is 3. The number of nitrogens with one attached hydrogen (secondary N) is 1. The summed E-state index contributed by atoms with van der Waals surface area (Å²) >= 11 is 0. The number of benzene rings is 2. The monoisotopic (exact) mass is 388 g/mol. The van der Waals surface area contributed by atoms with E-state index in [1.54, 1.807) is 12.1 Å². The molecule has 1 N–H and O–H groups in total. The van der Waals surface area contributed by atoms with E-state index in [0.717, 1.165) is 0 Å². The number of aromatic nitrogens is 1. The van der Waals surface area contributed by atoms with Gasteiger partial charge in [0.2, 0.25) is 0 Å². The van der Waals surface area contributed by atoms with E-state index in [1.807, 2.05) is 30.3 Å². The van der Waals surface area contributed by atoms with Gasteiger partial charge in [0.05, 0.1) is 11.9 Å². The highest BCUT2D eigenvalue weighted by molar-refractivity contribution is 5.79. The Balaban J connectivity index is 1.27. The van der Waals surface area contributed by atoms with Gasteiger partial charge < -0.3 is 10.1 Å². The van der Waals surface area contributed by atoms with Crippen LogP contribution in [0.25, 0.3) is 17.2 Å². The molecule has 4 rings (SSSR count). The fourth-order valence-electron chi connectivity index (χ4n) is 3.60. The normalized spacial score (nSPS) is 12.6. The van der Waals surface area contributed by atoms with Crippen molar-refractivity contribution in [3.63, 3.8) is 0 Å². The van der Waals surface area contributed by atoms with Crippen molar-refractivity contribution in [3.05, 3.63) is 95.6 Å². The molecule has 0 bridgehead atoms. The summed E-state index contributed by atoms with van der Waals surface area (Å²) in [4.78, 5) is 16.0. The van der Waals surface area contributed by atoms with Crippen LogP contribution in [-0.2, 0) is 4.74 Å². The van der Waals surface area contributed by atoms with Gasteiger partial charge in [-0.15, -0.1) is 0 Å². The van der Waals surface area contributed by atoms with Crippen LogP contribution in [0.2, 0.25) is 0 Å². The number of carbonyl (C=O) groups is 1. The zero-order chi connectivity index (χ0) is 20.1. The van der Waals surface area contributed by atoms with Crippen LogP contribution in [0.5, 0.6) is 0 Å². The zero-order valence-electron chi connectivity index (χ0n) is 15.8. The SMILES string of the molecule is O=C(NCCC=Cc1ccc(F)cn1)OCC1c2ccccc2-c2ccccc21. The van der Waals surface area contributed by atoms with Gasteiger partial charge >= 0.3 is 6.09 Å². The number of carbonyl (C=O) groups excluding carboxylic acids is 1. The van der Waals surface area contributed by atoms with Crippen LogP contribution >= 0.6 is 0 Å². The zero-order valence-corrected chi connectivity index (χ0v) is 15.8. The predicted molar refractivity (Wildman–Crippen MR) is 111 cm³/mol. The summed E-state index contributed by atoms with van der Waals surface area (Å²) in [6.45, 7) is 0.754. The second kappa shape index (κ2) is 8.69. The first-order valence-electron chi connectivity index (χ1n) is 9.59. The largest absolute Gasteiger partial charge is 0.449 e. The van der Waals surface area contributed by atoms with Crippen LogP contribution in [0.4, 0.5) is 9.18 Å². The Kier molecular flexibility index (Phi) is 5.66. The molecule has 1 amide bonds. The van der Waals surface area contributed by atoms with Gasteiger partial charge in [0.1, 0.15) is 12.4 Å². The molecule has 1 aromatic heterocycles. The number of pyridine rings is 1. The van der Waals surface area contributed by atoms with Crippen LogP contribution in [0.15, 0.2) is 72.9 Å². The topological polar surface area (TPSA) is 51.2 Å². The molecule has 1 aliphatic carbocycles. The minimum absolute atomic E-state index is 0.0533. The lowest BCUT2D eigenvalue weighted by atomic mass is 9.98. The van der Waals surface area contributed by atoms with E-state index in [-0.39, 0.29) is 11.7 Å². The van der Waals surface area contributed by atoms with Gasteiger partial charge in [-0.05, 0) is 46.9 Å². The van der Waals surface area contributed by atoms with Crippen molar-refractivity contribution in [2.75, 3.05) is 13.2 Å². The van der Waals surface area contributed by atoms with Crippen molar-refractivity contribution in [2.24, 2.45) is 0 Å². The van der Waals surface area contributed by atoms with Crippen molar-refractivity contribution in [2.45, 2.75) is 12.3 Å². The lowest BCUT2D eigenvalue weighted by molar-refractivity contribution is 0.143. The summed E-state index contributed by atoms with van der Waals surface area (Å²) in [5, 5.41) is 2.76. The molecule has 0 saturated heterocycles. The molecule has 1 aliphatic rings. The summed E-state index contributed by atoms with van der Waals surface area (Å²) in [7, 11) is 0. The van der Waals surface area contributed by atoms with Crippen molar-refractivity contribution in [1.82, 2.24) is 10.3 Å². The molecule has 5 heteroatoms. The Morgan fingerprint density at radius 2 is 1.72 bits per heavy atom. The van der Waals surface area contributed by atoms with Crippen LogP contribution in [-0.4, -0.2) is 24.2 Å². The van der Waals surface area contributed by atoms with Crippen molar-refractivity contribution in [1.29, 1.82) is 0 Å². The van der Waals surface area contributed by atoms with E-state index in [1.165, 1.54) is 34.5 Å². The molecule has 0 spiro atoms. The summed E-state index contributed by atoms with van der Waals surface area (Å²) in [6.07, 6.45) is 5.04. The molecule has 3 aromatic rings. The average Bonchev–Trinajstić information content (AvgIpc) is 3.07. The first-order chi connectivity index (χ1) is 14.2. The lowest BCUT2D eigenvalue weighted by Gasteiger charge is -2.14. The molecule has 0 fully saturated rings. The summed E-state index contributed by atoms with van der Waals surface area (Å²) in [6, 6.07) is 19.5. The van der Waals surface area contributed by atoms with E-state index in [4.69, 9.17) is 4.74 Å². The second-order valence-electron chi connectivity index (χ2n) is 6.84. The van der Waals surface area contributed by atoms with Crippen molar-refractivity contribution < 1.29 is 13.9 Å². The van der Waals surface area contributed by atoms with E-state index in [0.29, 0.717) is 25.3 Å². The van der Waals surface area contributed by atoms with Gasteiger partial charge in [-0.25, -0.2) is 9.18 Å². The molecular formula is C24H21FN2O2. The Bertz CT molecular complexity index is 986. The van der Waals surface area contributed by atoms with Crippen molar-refractivity contribution >= 4 is 12.2 Å². The third-order valence-corrected chi connectivity index (χ3v) is 4.96. The molecule has 2 aromatic carbocycles. The average molecular weight is 388 g/mol. The molecule has 0 radical (unpaired) electrons. The molecule has 29 heavy (non-hydrogen) atoms. The van der Waals surface area contributed by atoms with Crippen LogP contribution in [0.3, 0.4) is 0 Å². The minimum Gasteiger partial charge on any atom is -0.449 e. The van der Waals surface area contributed by atoms with E-state index >= 15 is 0 Å². The fourth-order valence-corrected chi connectivity index (χ4v) is 3.60. The third kappa shape index (κ3) is 4.35. The van der Waals surface area contributed by atoms with Crippen LogP contribution in [0.1, 0.15) is 29.2 Å². The molecule has 4 nitrogen and oxygen atoms in total. The molecule has 0 atom stereocenters. The highest BCUT2D eigenvalue weighted by Crippen LogP contribution is 2.44. The summed E-state index contributed by atoms with van der Waals surface area (Å²) in [5.74, 6) is -0.309. The number of alkyl carbamates (subject to hydrolysis) is 1. The number of rotatable bonds is 6. The standard InChI is InChI=1S/C24H21FN2O2/c25-17-12-13-18(27-15-17)7-5-6-14-26-24(28)29-16-23-21-10-3-1-8-19(21)20-9-2-4-11-22(20)23/h1-5,7-13,15,23H,6,14,16H2,(H,26,28).